The third-order valence-corrected chi connectivity index (χ3v) is 2.89. The van der Waals surface area contributed by atoms with Crippen LogP contribution in [-0.4, -0.2) is 17.9 Å². The molecule has 0 radical (unpaired) electrons. The summed E-state index contributed by atoms with van der Waals surface area (Å²) in [5, 5.41) is 0. The van der Waals surface area contributed by atoms with Crippen molar-refractivity contribution in [2.75, 3.05) is 6.54 Å². The zero-order chi connectivity index (χ0) is 10.1. The fourth-order valence-corrected chi connectivity index (χ4v) is 1.91. The smallest absolute Gasteiger partial charge is 0.155 e. The predicted molar refractivity (Wildman–Crippen MR) is 53.2 cm³/mol. The van der Waals surface area contributed by atoms with Crippen molar-refractivity contribution in [1.82, 2.24) is 0 Å². The van der Waals surface area contributed by atoms with E-state index in [-0.39, 0.29) is 11.7 Å². The van der Waals surface area contributed by atoms with Gasteiger partial charge in [-0.05, 0) is 31.7 Å². The second kappa shape index (κ2) is 3.76. The van der Waals surface area contributed by atoms with Gasteiger partial charge < -0.3 is 11.5 Å². The Bertz CT molecular complexity index is 203. The summed E-state index contributed by atoms with van der Waals surface area (Å²) in [5.74, 6) is 0.674. The first-order valence-electron chi connectivity index (χ1n) is 5.05. The van der Waals surface area contributed by atoms with E-state index in [1.165, 1.54) is 0 Å². The van der Waals surface area contributed by atoms with Crippen molar-refractivity contribution in [3.05, 3.63) is 0 Å². The summed E-state index contributed by atoms with van der Waals surface area (Å²) < 4.78 is 0. The van der Waals surface area contributed by atoms with E-state index >= 15 is 0 Å². The molecule has 1 aliphatic carbocycles. The van der Waals surface area contributed by atoms with E-state index < -0.39 is 5.54 Å². The van der Waals surface area contributed by atoms with E-state index in [9.17, 15) is 4.79 Å². The number of carbonyl (C=O) groups is 1. The largest absolute Gasteiger partial charge is 0.330 e. The Morgan fingerprint density at radius 2 is 2.23 bits per heavy atom. The summed E-state index contributed by atoms with van der Waals surface area (Å²) in [5.41, 5.74) is 10.9. The lowest BCUT2D eigenvalue weighted by Gasteiger charge is -2.12. The number of hydrogen-bond donors (Lipinski definition) is 2. The lowest BCUT2D eigenvalue weighted by atomic mass is 9.97. The maximum Gasteiger partial charge on any atom is 0.155 e. The standard InChI is InChI=1S/C10H20N2O/c1-7(2)9(13)10(12)6-8(10)4-3-5-11/h7-8H,3-6,11-12H2,1-2H3/t8-,10?/m0/s1. The molecule has 0 aromatic heterocycles. The van der Waals surface area contributed by atoms with Gasteiger partial charge in [0.25, 0.3) is 0 Å². The van der Waals surface area contributed by atoms with Gasteiger partial charge in [-0.15, -0.1) is 0 Å². The molecule has 0 bridgehead atoms. The van der Waals surface area contributed by atoms with Crippen LogP contribution in [0, 0.1) is 11.8 Å². The van der Waals surface area contributed by atoms with Gasteiger partial charge in [-0.1, -0.05) is 13.8 Å². The van der Waals surface area contributed by atoms with Crippen molar-refractivity contribution in [1.29, 1.82) is 0 Å². The molecule has 0 spiro atoms. The molecule has 76 valence electrons. The molecule has 0 aromatic rings. The minimum Gasteiger partial charge on any atom is -0.330 e. The van der Waals surface area contributed by atoms with Crippen LogP contribution in [0.1, 0.15) is 33.1 Å². The average molecular weight is 184 g/mol. The van der Waals surface area contributed by atoms with E-state index in [2.05, 4.69) is 0 Å². The SMILES string of the molecule is CC(C)C(=O)C1(N)C[C@@H]1CCCN. The van der Waals surface area contributed by atoms with E-state index in [4.69, 9.17) is 11.5 Å². The Hall–Kier alpha value is -0.410. The van der Waals surface area contributed by atoms with Gasteiger partial charge in [0.05, 0.1) is 5.54 Å². The van der Waals surface area contributed by atoms with Crippen molar-refractivity contribution in [2.45, 2.75) is 38.6 Å². The van der Waals surface area contributed by atoms with Crippen LogP contribution in [-0.2, 0) is 4.79 Å². The van der Waals surface area contributed by atoms with Crippen molar-refractivity contribution in [2.24, 2.45) is 23.3 Å². The van der Waals surface area contributed by atoms with Crippen LogP contribution >= 0.6 is 0 Å². The maximum atomic E-state index is 11.6. The zero-order valence-corrected chi connectivity index (χ0v) is 8.55. The number of hydrogen-bond acceptors (Lipinski definition) is 3. The van der Waals surface area contributed by atoms with E-state index in [1.807, 2.05) is 13.8 Å². The summed E-state index contributed by atoms with van der Waals surface area (Å²) in [4.78, 5) is 11.6. The van der Waals surface area contributed by atoms with E-state index in [0.29, 0.717) is 12.5 Å². The third-order valence-electron chi connectivity index (χ3n) is 2.89. The molecule has 3 heteroatoms. The molecule has 1 fully saturated rings. The van der Waals surface area contributed by atoms with Crippen molar-refractivity contribution in [3.63, 3.8) is 0 Å². The first-order valence-corrected chi connectivity index (χ1v) is 5.05. The molecule has 1 aliphatic rings. The topological polar surface area (TPSA) is 69.1 Å². The molecule has 4 N–H and O–H groups in total. The molecule has 0 heterocycles. The van der Waals surface area contributed by atoms with Gasteiger partial charge in [0.2, 0.25) is 0 Å². The molecule has 3 nitrogen and oxygen atoms in total. The van der Waals surface area contributed by atoms with Crippen LogP contribution in [0.25, 0.3) is 0 Å². The molecule has 1 unspecified atom stereocenters. The van der Waals surface area contributed by atoms with Crippen LogP contribution in [0.4, 0.5) is 0 Å². The maximum absolute atomic E-state index is 11.6. The second-order valence-corrected chi connectivity index (χ2v) is 4.39. The van der Waals surface area contributed by atoms with Gasteiger partial charge in [0.15, 0.2) is 5.78 Å². The zero-order valence-electron chi connectivity index (χ0n) is 8.55. The molecule has 0 saturated heterocycles. The molecular formula is C10H20N2O. The van der Waals surface area contributed by atoms with Crippen LogP contribution in [0.2, 0.25) is 0 Å². The number of nitrogens with two attached hydrogens (primary N) is 2. The summed E-state index contributed by atoms with van der Waals surface area (Å²) in [6.45, 7) is 4.52. The Kier molecular flexibility index (Phi) is 3.09. The molecule has 0 amide bonds. The van der Waals surface area contributed by atoms with Gasteiger partial charge >= 0.3 is 0 Å². The van der Waals surface area contributed by atoms with Crippen LogP contribution in [0.5, 0.6) is 0 Å². The quantitative estimate of drug-likeness (QED) is 0.659. The summed E-state index contributed by atoms with van der Waals surface area (Å²) in [6, 6.07) is 0. The first-order chi connectivity index (χ1) is 6.02. The lowest BCUT2D eigenvalue weighted by molar-refractivity contribution is -0.124. The van der Waals surface area contributed by atoms with Crippen molar-refractivity contribution >= 4 is 5.78 Å². The molecule has 0 aliphatic heterocycles. The third kappa shape index (κ3) is 2.09. The highest BCUT2D eigenvalue weighted by atomic mass is 16.1. The Morgan fingerprint density at radius 1 is 1.62 bits per heavy atom. The van der Waals surface area contributed by atoms with Crippen LogP contribution in [0.15, 0.2) is 0 Å². The highest BCUT2D eigenvalue weighted by Crippen LogP contribution is 2.46. The number of carbonyl (C=O) groups excluding carboxylic acids is 1. The van der Waals surface area contributed by atoms with Crippen LogP contribution in [0.3, 0.4) is 0 Å². The summed E-state index contributed by atoms with van der Waals surface area (Å²) >= 11 is 0. The van der Waals surface area contributed by atoms with E-state index in [1.54, 1.807) is 0 Å². The van der Waals surface area contributed by atoms with Gasteiger partial charge in [-0.3, -0.25) is 4.79 Å². The van der Waals surface area contributed by atoms with E-state index in [0.717, 1.165) is 19.3 Å². The fourth-order valence-electron chi connectivity index (χ4n) is 1.91. The lowest BCUT2D eigenvalue weighted by Crippen LogP contribution is -2.38. The molecule has 1 rings (SSSR count). The summed E-state index contributed by atoms with van der Waals surface area (Å²) in [7, 11) is 0. The minimum absolute atomic E-state index is 0.0628. The Balaban J connectivity index is 2.40. The average Bonchev–Trinajstić information content (AvgIpc) is 2.73. The molecule has 2 atom stereocenters. The van der Waals surface area contributed by atoms with Gasteiger partial charge in [-0.2, -0.15) is 0 Å². The van der Waals surface area contributed by atoms with Gasteiger partial charge in [0.1, 0.15) is 0 Å². The minimum atomic E-state index is -0.497. The highest BCUT2D eigenvalue weighted by molar-refractivity contribution is 5.93. The summed E-state index contributed by atoms with van der Waals surface area (Å²) in [6.07, 6.45) is 2.85. The fraction of sp³-hybridized carbons (Fsp3) is 0.900. The predicted octanol–water partition coefficient (Wildman–Crippen LogP) is 0.668. The second-order valence-electron chi connectivity index (χ2n) is 4.39. The first kappa shape index (κ1) is 10.7. The van der Waals surface area contributed by atoms with Gasteiger partial charge in [-0.25, -0.2) is 0 Å². The highest BCUT2D eigenvalue weighted by Gasteiger charge is 2.55. The molecule has 13 heavy (non-hydrogen) atoms. The van der Waals surface area contributed by atoms with Gasteiger partial charge in [0, 0.05) is 5.92 Å². The molecule has 0 aromatic carbocycles. The monoisotopic (exact) mass is 184 g/mol. The molecular weight excluding hydrogens is 164 g/mol. The normalized spacial score (nSPS) is 32.2. The van der Waals surface area contributed by atoms with Crippen molar-refractivity contribution in [3.8, 4) is 0 Å². The number of rotatable bonds is 5. The Labute approximate surface area is 79.9 Å². The van der Waals surface area contributed by atoms with Crippen molar-refractivity contribution < 1.29 is 4.79 Å². The van der Waals surface area contributed by atoms with Crippen LogP contribution < -0.4 is 11.5 Å². The number of ketones is 1. The Morgan fingerprint density at radius 3 is 2.69 bits per heavy atom. The molecule has 1 saturated carbocycles. The number of Topliss-reactive ketones (excluding diaryl/α,β-unsaturated/α-hetero) is 1.